The first-order valence-electron chi connectivity index (χ1n) is 19.8. The number of amides is 4. The molecular weight excluding hydrogens is 745 g/mol. The predicted octanol–water partition coefficient (Wildman–Crippen LogP) is 3.72. The number of hydrogen-bond acceptors (Lipinski definition) is 11. The van der Waals surface area contributed by atoms with E-state index in [2.05, 4.69) is 26.4 Å². The van der Waals surface area contributed by atoms with E-state index in [4.69, 9.17) is 14.0 Å². The number of ether oxygens (including phenoxy) is 2. The lowest BCUT2D eigenvalue weighted by atomic mass is 9.93. The van der Waals surface area contributed by atoms with Gasteiger partial charge in [0.2, 0.25) is 17.7 Å². The molecule has 0 aliphatic carbocycles. The fourth-order valence-electron chi connectivity index (χ4n) is 5.99. The molecule has 15 nitrogen and oxygen atoms in total. The Morgan fingerprint density at radius 1 is 0.862 bits per heavy atom. The number of aromatic nitrogens is 1. The maximum atomic E-state index is 13.7. The minimum absolute atomic E-state index is 0.0167. The van der Waals surface area contributed by atoms with E-state index in [1.54, 1.807) is 34.1 Å². The minimum Gasteiger partial charge on any atom is -0.441 e. The zero-order valence-corrected chi connectivity index (χ0v) is 34.7. The summed E-state index contributed by atoms with van der Waals surface area (Å²) in [6, 6.07) is 17.9. The van der Waals surface area contributed by atoms with Crippen LogP contribution in [0.15, 0.2) is 71.3 Å². The number of hydrogen-bond donors (Lipinski definition) is 4. The van der Waals surface area contributed by atoms with Gasteiger partial charge >= 0.3 is 6.09 Å². The lowest BCUT2D eigenvalue weighted by Crippen LogP contribution is -2.58. The molecule has 4 N–H and O–H groups in total. The number of likely N-dealkylation sites (N-methyl/N-ethyl adjacent to an activating group) is 1. The second-order valence-corrected chi connectivity index (χ2v) is 15.1. The van der Waals surface area contributed by atoms with Crippen molar-refractivity contribution >= 4 is 35.9 Å². The zero-order valence-electron chi connectivity index (χ0n) is 34.7. The van der Waals surface area contributed by atoms with Crippen LogP contribution in [0.2, 0.25) is 0 Å². The maximum absolute atomic E-state index is 13.7. The van der Waals surface area contributed by atoms with Crippen LogP contribution in [0, 0.1) is 5.92 Å². The monoisotopic (exact) mass is 804 g/mol. The number of aryl methyl sites for hydroxylation is 1. The summed E-state index contributed by atoms with van der Waals surface area (Å²) in [6.45, 7) is 7.99. The van der Waals surface area contributed by atoms with Gasteiger partial charge in [-0.15, -0.1) is 0 Å². The van der Waals surface area contributed by atoms with Crippen molar-refractivity contribution in [1.29, 1.82) is 0 Å². The van der Waals surface area contributed by atoms with Crippen LogP contribution in [-0.2, 0) is 59.3 Å². The summed E-state index contributed by atoms with van der Waals surface area (Å²) in [5.41, 5.74) is 1.64. The largest absolute Gasteiger partial charge is 0.441 e. The molecule has 3 aromatic rings. The molecule has 0 spiro atoms. The molecule has 0 saturated carbocycles. The summed E-state index contributed by atoms with van der Waals surface area (Å²) < 4.78 is 15.1. The van der Waals surface area contributed by atoms with E-state index in [9.17, 15) is 28.8 Å². The van der Waals surface area contributed by atoms with Crippen LogP contribution in [0.5, 0.6) is 0 Å². The fourth-order valence-corrected chi connectivity index (χ4v) is 5.99. The molecule has 1 fully saturated rings. The molecule has 1 saturated heterocycles. The molecule has 58 heavy (non-hydrogen) atoms. The van der Waals surface area contributed by atoms with Gasteiger partial charge in [0.05, 0.1) is 24.4 Å². The third-order valence-corrected chi connectivity index (χ3v) is 9.40. The Kier molecular flexibility index (Phi) is 19.2. The summed E-state index contributed by atoms with van der Waals surface area (Å²) >= 11 is 0. The van der Waals surface area contributed by atoms with Gasteiger partial charge in [0.1, 0.15) is 24.0 Å². The van der Waals surface area contributed by atoms with E-state index in [1.807, 2.05) is 81.4 Å². The second kappa shape index (κ2) is 23.7. The van der Waals surface area contributed by atoms with Gasteiger partial charge in [-0.2, -0.15) is 0 Å². The van der Waals surface area contributed by atoms with Gasteiger partial charge < -0.3 is 45.0 Å². The quantitative estimate of drug-likeness (QED) is 0.0852. The van der Waals surface area contributed by atoms with Crippen LogP contribution >= 0.6 is 0 Å². The lowest BCUT2D eigenvalue weighted by Gasteiger charge is -2.27. The molecule has 1 aromatic heterocycles. The molecular formula is C43H60N6O9. The van der Waals surface area contributed by atoms with Gasteiger partial charge in [-0.05, 0) is 56.7 Å². The third kappa shape index (κ3) is 15.9. The molecule has 0 bridgehead atoms. The summed E-state index contributed by atoms with van der Waals surface area (Å²) in [5, 5.41) is 15.4. The lowest BCUT2D eigenvalue weighted by molar-refractivity contribution is -0.134. The van der Waals surface area contributed by atoms with Crippen molar-refractivity contribution in [3.63, 3.8) is 0 Å². The molecule has 4 amide bonds. The molecule has 316 valence electrons. The van der Waals surface area contributed by atoms with E-state index >= 15 is 0 Å². The maximum Gasteiger partial charge on any atom is 0.409 e. The van der Waals surface area contributed by atoms with Crippen molar-refractivity contribution in [2.75, 3.05) is 27.7 Å². The standard InChI is InChI=1S/C34H48N4O5.C9H12N2O4/c1-6-13-27(36-31(40)26(35-5)19-18-24-14-9-7-10-15-24)32(41)38-29(21-25-16-11-8-12-17-25)33(42)37-28(20-23(2)3)30(39)34(4)22-43-34;1-11(2)9(13)14-6-8-5-7(3-4-12)10-15-8/h7-12,14-17,23,26-29,35H,6,13,18-22H2,1-5H3,(H,36,40)(H,37,42)(H,38,41);4-5H,3,6H2,1-2H3. The smallest absolute Gasteiger partial charge is 0.409 e. The van der Waals surface area contributed by atoms with Gasteiger partial charge in [-0.3, -0.25) is 19.2 Å². The van der Waals surface area contributed by atoms with E-state index < -0.39 is 47.7 Å². The molecule has 0 radical (unpaired) electrons. The average Bonchev–Trinajstić information content (AvgIpc) is 3.80. The summed E-state index contributed by atoms with van der Waals surface area (Å²) in [4.78, 5) is 76.2. The summed E-state index contributed by atoms with van der Waals surface area (Å²) in [6.07, 6.45) is 3.52. The number of Topliss-reactive ketones (excluding diaryl/α,β-unsaturated/α-hetero) is 1. The van der Waals surface area contributed by atoms with Gasteiger partial charge in [0, 0.05) is 33.0 Å². The number of carbonyl (C=O) groups excluding carboxylic acids is 6. The Bertz CT molecular complexity index is 1760. The normalized spacial score (nSPS) is 16.3. The van der Waals surface area contributed by atoms with E-state index in [0.717, 1.165) is 17.4 Å². The van der Waals surface area contributed by atoms with Crippen molar-refractivity contribution in [1.82, 2.24) is 31.3 Å². The fraction of sp³-hybridized carbons (Fsp3) is 0.512. The third-order valence-electron chi connectivity index (χ3n) is 9.40. The molecule has 2 aromatic carbocycles. The molecule has 15 heteroatoms. The van der Waals surface area contributed by atoms with Crippen molar-refractivity contribution in [3.05, 3.63) is 89.3 Å². The predicted molar refractivity (Wildman–Crippen MR) is 217 cm³/mol. The highest BCUT2D eigenvalue weighted by molar-refractivity contribution is 5.98. The number of epoxide rings is 1. The van der Waals surface area contributed by atoms with E-state index in [-0.39, 0.29) is 37.1 Å². The average molecular weight is 805 g/mol. The number of ketones is 1. The summed E-state index contributed by atoms with van der Waals surface area (Å²) in [7, 11) is 4.90. The van der Waals surface area contributed by atoms with Crippen LogP contribution < -0.4 is 21.3 Å². The zero-order chi connectivity index (χ0) is 42.7. The highest BCUT2D eigenvalue weighted by Gasteiger charge is 2.50. The second-order valence-electron chi connectivity index (χ2n) is 15.1. The first kappa shape index (κ1) is 47.0. The number of carbonyl (C=O) groups is 6. The van der Waals surface area contributed by atoms with Crippen LogP contribution in [0.25, 0.3) is 0 Å². The molecule has 1 aliphatic rings. The highest BCUT2D eigenvalue weighted by Crippen LogP contribution is 2.29. The molecule has 5 atom stereocenters. The Morgan fingerprint density at radius 3 is 1.98 bits per heavy atom. The van der Waals surface area contributed by atoms with E-state index in [0.29, 0.717) is 50.2 Å². The van der Waals surface area contributed by atoms with Gasteiger partial charge in [0.25, 0.3) is 0 Å². The van der Waals surface area contributed by atoms with Crippen molar-refractivity contribution < 1.29 is 42.8 Å². The van der Waals surface area contributed by atoms with Crippen LogP contribution in [0.4, 0.5) is 4.79 Å². The Labute approximate surface area is 341 Å². The highest BCUT2D eigenvalue weighted by atomic mass is 16.6. The topological polar surface area (TPSA) is 202 Å². The molecule has 2 heterocycles. The Balaban J connectivity index is 0.000000502. The number of aldehydes is 1. The molecule has 4 rings (SSSR count). The van der Waals surface area contributed by atoms with Gasteiger partial charge in [-0.25, -0.2) is 4.79 Å². The van der Waals surface area contributed by atoms with Gasteiger partial charge in [0.15, 0.2) is 18.2 Å². The van der Waals surface area contributed by atoms with E-state index in [1.165, 1.54) is 4.90 Å². The Hall–Kier alpha value is -5.41. The van der Waals surface area contributed by atoms with Crippen molar-refractivity contribution in [3.8, 4) is 0 Å². The minimum atomic E-state index is -0.945. The number of nitrogens with zero attached hydrogens (tertiary/aromatic N) is 2. The summed E-state index contributed by atoms with van der Waals surface area (Å²) in [5.74, 6) is -0.737. The first-order chi connectivity index (χ1) is 27.7. The van der Waals surface area contributed by atoms with Crippen LogP contribution in [0.1, 0.15) is 76.0 Å². The van der Waals surface area contributed by atoms with Crippen LogP contribution in [-0.4, -0.2) is 103 Å². The van der Waals surface area contributed by atoms with Crippen molar-refractivity contribution in [2.45, 2.75) is 109 Å². The number of rotatable bonds is 22. The Morgan fingerprint density at radius 2 is 1.43 bits per heavy atom. The SMILES string of the molecule is CCCC(NC(=O)C(CCc1ccccc1)NC)C(=O)NC(Cc1ccccc1)C(=O)NC(CC(C)C)C(=O)C1(C)CO1.CN(C)C(=O)OCc1cc(CC=O)no1. The number of nitrogens with one attached hydrogen (secondary N) is 4. The van der Waals surface area contributed by atoms with Crippen molar-refractivity contribution in [2.24, 2.45) is 5.92 Å². The van der Waals surface area contributed by atoms with Crippen LogP contribution in [0.3, 0.4) is 0 Å². The number of benzene rings is 2. The van der Waals surface area contributed by atoms with Gasteiger partial charge in [-0.1, -0.05) is 93.0 Å². The molecule has 1 aliphatic heterocycles. The first-order valence-corrected chi connectivity index (χ1v) is 19.8. The molecule has 5 unspecified atom stereocenters.